The average Bonchev–Trinajstić information content (AvgIpc) is 2.96. The second-order valence-corrected chi connectivity index (χ2v) is 7.56. The minimum atomic E-state index is -0.344. The maximum Gasteiger partial charge on any atom is 0.338 e. The fourth-order valence-corrected chi connectivity index (χ4v) is 3.45. The number of carbonyl (C=O) groups is 1. The number of benzene rings is 2. The van der Waals surface area contributed by atoms with Crippen LogP contribution in [0.2, 0.25) is 5.02 Å². The van der Waals surface area contributed by atoms with E-state index in [1.165, 1.54) is 0 Å². The fraction of sp³-hybridized carbons (Fsp3) is 0.227. The van der Waals surface area contributed by atoms with Gasteiger partial charge in [0.25, 0.3) is 0 Å². The first kappa shape index (κ1) is 21.8. The van der Waals surface area contributed by atoms with Gasteiger partial charge in [-0.3, -0.25) is 4.68 Å². The molecule has 0 atom stereocenters. The number of carbonyl (C=O) groups excluding carboxylic acids is 1. The number of halogens is 1. The van der Waals surface area contributed by atoms with Gasteiger partial charge in [0.2, 0.25) is 0 Å². The van der Waals surface area contributed by atoms with Crippen molar-refractivity contribution in [2.75, 3.05) is 17.2 Å². The van der Waals surface area contributed by atoms with E-state index in [-0.39, 0.29) is 5.97 Å². The summed E-state index contributed by atoms with van der Waals surface area (Å²) in [5.41, 5.74) is 5.00. The number of thiocarbonyl (C=S) groups is 1. The van der Waals surface area contributed by atoms with Crippen LogP contribution in [-0.4, -0.2) is 27.5 Å². The molecule has 0 spiro atoms. The highest BCUT2D eigenvalue weighted by atomic mass is 35.5. The highest BCUT2D eigenvalue weighted by molar-refractivity contribution is 7.80. The van der Waals surface area contributed by atoms with Gasteiger partial charge in [0.05, 0.1) is 35.8 Å². The molecule has 0 saturated carbocycles. The van der Waals surface area contributed by atoms with Crippen molar-refractivity contribution in [1.29, 1.82) is 0 Å². The van der Waals surface area contributed by atoms with Crippen LogP contribution in [-0.2, 0) is 11.3 Å². The molecular weight excluding hydrogens is 420 g/mol. The van der Waals surface area contributed by atoms with E-state index in [0.29, 0.717) is 28.9 Å². The van der Waals surface area contributed by atoms with E-state index in [1.54, 1.807) is 31.2 Å². The molecule has 1 heterocycles. The second-order valence-electron chi connectivity index (χ2n) is 6.71. The number of ether oxygens (including phenoxy) is 1. The van der Waals surface area contributed by atoms with E-state index in [1.807, 2.05) is 42.8 Å². The maximum atomic E-state index is 11.7. The van der Waals surface area contributed by atoms with Crippen molar-refractivity contribution in [3.05, 3.63) is 76.1 Å². The van der Waals surface area contributed by atoms with Crippen LogP contribution in [0.1, 0.15) is 34.2 Å². The van der Waals surface area contributed by atoms with Crippen LogP contribution in [0.15, 0.2) is 48.5 Å². The molecule has 30 heavy (non-hydrogen) atoms. The van der Waals surface area contributed by atoms with Gasteiger partial charge < -0.3 is 15.4 Å². The van der Waals surface area contributed by atoms with Crippen molar-refractivity contribution in [3.63, 3.8) is 0 Å². The Morgan fingerprint density at radius 3 is 2.57 bits per heavy atom. The SMILES string of the molecule is CCOC(=O)c1ccc(NC(=S)Nc2c(C)nn(Cc3cccc(Cl)c3)c2C)cc1. The second kappa shape index (κ2) is 9.73. The van der Waals surface area contributed by atoms with Crippen LogP contribution in [0, 0.1) is 13.8 Å². The summed E-state index contributed by atoms with van der Waals surface area (Å²) >= 11 is 11.5. The molecule has 8 heteroatoms. The number of aryl methyl sites for hydroxylation is 1. The van der Waals surface area contributed by atoms with Crippen LogP contribution in [0.3, 0.4) is 0 Å². The van der Waals surface area contributed by atoms with Gasteiger partial charge in [0, 0.05) is 10.7 Å². The van der Waals surface area contributed by atoms with Gasteiger partial charge in [0.1, 0.15) is 0 Å². The van der Waals surface area contributed by atoms with Gasteiger partial charge in [-0.05, 0) is 75.0 Å². The zero-order valence-electron chi connectivity index (χ0n) is 17.0. The Balaban J connectivity index is 1.66. The van der Waals surface area contributed by atoms with Gasteiger partial charge in [-0.2, -0.15) is 5.10 Å². The lowest BCUT2D eigenvalue weighted by molar-refractivity contribution is 0.0526. The van der Waals surface area contributed by atoms with Crippen LogP contribution >= 0.6 is 23.8 Å². The Bertz CT molecular complexity index is 1060. The van der Waals surface area contributed by atoms with Gasteiger partial charge >= 0.3 is 5.97 Å². The predicted octanol–water partition coefficient (Wildman–Crippen LogP) is 5.19. The minimum absolute atomic E-state index is 0.344. The van der Waals surface area contributed by atoms with Crippen LogP contribution in [0.25, 0.3) is 0 Å². The predicted molar refractivity (Wildman–Crippen MR) is 124 cm³/mol. The maximum absolute atomic E-state index is 11.7. The van der Waals surface area contributed by atoms with Gasteiger partial charge in [-0.15, -0.1) is 0 Å². The summed E-state index contributed by atoms with van der Waals surface area (Å²) in [6.45, 7) is 6.66. The molecule has 0 fully saturated rings. The van der Waals surface area contributed by atoms with E-state index in [9.17, 15) is 4.79 Å². The molecule has 2 N–H and O–H groups in total. The Kier molecular flexibility index (Phi) is 7.07. The number of hydrogen-bond donors (Lipinski definition) is 2. The van der Waals surface area contributed by atoms with Crippen LogP contribution in [0.5, 0.6) is 0 Å². The summed E-state index contributed by atoms with van der Waals surface area (Å²) < 4.78 is 6.91. The quantitative estimate of drug-likeness (QED) is 0.404. The molecule has 1 aromatic heterocycles. The summed E-state index contributed by atoms with van der Waals surface area (Å²) in [7, 11) is 0. The van der Waals surface area contributed by atoms with E-state index in [2.05, 4.69) is 15.7 Å². The van der Waals surface area contributed by atoms with Crippen molar-refractivity contribution >= 4 is 46.3 Å². The third-order valence-electron chi connectivity index (χ3n) is 4.50. The third-order valence-corrected chi connectivity index (χ3v) is 4.93. The zero-order valence-corrected chi connectivity index (χ0v) is 18.6. The standard InChI is InChI=1S/C22H23ClN4O2S/c1-4-29-21(28)17-8-10-19(11-9-17)24-22(30)25-20-14(2)26-27(15(20)3)13-16-6-5-7-18(23)12-16/h5-12H,4,13H2,1-3H3,(H2,24,25,30). The number of anilines is 2. The summed E-state index contributed by atoms with van der Waals surface area (Å²) in [5.74, 6) is -0.344. The average molecular weight is 443 g/mol. The summed E-state index contributed by atoms with van der Waals surface area (Å²) in [6, 6.07) is 14.7. The molecule has 3 rings (SSSR count). The van der Waals surface area contributed by atoms with Crippen molar-refractivity contribution in [2.24, 2.45) is 0 Å². The summed E-state index contributed by atoms with van der Waals surface area (Å²) in [6.07, 6.45) is 0. The summed E-state index contributed by atoms with van der Waals surface area (Å²) in [4.78, 5) is 11.7. The molecule has 0 aliphatic carbocycles. The van der Waals surface area contributed by atoms with Gasteiger partial charge in [-0.1, -0.05) is 23.7 Å². The number of rotatable bonds is 6. The van der Waals surface area contributed by atoms with Crippen molar-refractivity contribution in [3.8, 4) is 0 Å². The molecule has 156 valence electrons. The Morgan fingerprint density at radius 1 is 1.17 bits per heavy atom. The largest absolute Gasteiger partial charge is 0.462 e. The lowest BCUT2D eigenvalue weighted by atomic mass is 10.2. The molecule has 0 radical (unpaired) electrons. The Hall–Kier alpha value is -2.90. The first-order valence-electron chi connectivity index (χ1n) is 9.51. The topological polar surface area (TPSA) is 68.2 Å². The van der Waals surface area contributed by atoms with Crippen LogP contribution in [0.4, 0.5) is 11.4 Å². The molecule has 0 unspecified atom stereocenters. The first-order chi connectivity index (χ1) is 14.4. The lowest BCUT2D eigenvalue weighted by Crippen LogP contribution is -2.20. The minimum Gasteiger partial charge on any atom is -0.462 e. The smallest absolute Gasteiger partial charge is 0.338 e. The molecule has 6 nitrogen and oxygen atoms in total. The van der Waals surface area contributed by atoms with Crippen molar-refractivity contribution in [2.45, 2.75) is 27.3 Å². The van der Waals surface area contributed by atoms with Crippen molar-refractivity contribution in [1.82, 2.24) is 9.78 Å². The zero-order chi connectivity index (χ0) is 21.7. The third kappa shape index (κ3) is 5.37. The number of nitrogens with one attached hydrogen (secondary N) is 2. The Labute approximate surface area is 186 Å². The van der Waals surface area contributed by atoms with Crippen LogP contribution < -0.4 is 10.6 Å². The normalized spacial score (nSPS) is 10.5. The fourth-order valence-electron chi connectivity index (χ4n) is 3.02. The van der Waals surface area contributed by atoms with E-state index < -0.39 is 0 Å². The molecule has 3 aromatic rings. The number of nitrogens with zero attached hydrogens (tertiary/aromatic N) is 2. The van der Waals surface area contributed by atoms with Gasteiger partial charge in [-0.25, -0.2) is 4.79 Å². The molecule has 0 aliphatic rings. The highest BCUT2D eigenvalue weighted by Gasteiger charge is 2.13. The number of hydrogen-bond acceptors (Lipinski definition) is 4. The molecular formula is C22H23ClN4O2S. The molecule has 0 bridgehead atoms. The van der Waals surface area contributed by atoms with Crippen molar-refractivity contribution < 1.29 is 9.53 Å². The van der Waals surface area contributed by atoms with E-state index in [4.69, 9.17) is 28.6 Å². The number of aromatic nitrogens is 2. The molecule has 0 amide bonds. The Morgan fingerprint density at radius 2 is 1.90 bits per heavy atom. The molecule has 0 saturated heterocycles. The van der Waals surface area contributed by atoms with E-state index >= 15 is 0 Å². The van der Waals surface area contributed by atoms with Gasteiger partial charge in [0.15, 0.2) is 5.11 Å². The number of esters is 1. The lowest BCUT2D eigenvalue weighted by Gasteiger charge is -2.12. The first-order valence-corrected chi connectivity index (χ1v) is 10.3. The molecule has 2 aromatic carbocycles. The monoisotopic (exact) mass is 442 g/mol. The molecule has 0 aliphatic heterocycles. The highest BCUT2D eigenvalue weighted by Crippen LogP contribution is 2.22. The summed E-state index contributed by atoms with van der Waals surface area (Å²) in [5, 5.41) is 12.1. The van der Waals surface area contributed by atoms with E-state index in [0.717, 1.165) is 28.3 Å².